The summed E-state index contributed by atoms with van der Waals surface area (Å²) in [7, 11) is 0. The van der Waals surface area contributed by atoms with Crippen molar-refractivity contribution in [2.24, 2.45) is 5.10 Å². The third kappa shape index (κ3) is 5.85. The molecular formula is C17H18N4O3S. The maximum atomic E-state index is 11.3. The van der Waals surface area contributed by atoms with Gasteiger partial charge in [0.1, 0.15) is 6.61 Å². The Morgan fingerprint density at radius 2 is 2.08 bits per heavy atom. The number of rotatable bonds is 7. The van der Waals surface area contributed by atoms with Crippen molar-refractivity contribution in [2.75, 3.05) is 6.54 Å². The Morgan fingerprint density at radius 3 is 2.76 bits per heavy atom. The highest BCUT2D eigenvalue weighted by atomic mass is 32.1. The summed E-state index contributed by atoms with van der Waals surface area (Å²) >= 11 is 4.97. The van der Waals surface area contributed by atoms with Gasteiger partial charge in [0.05, 0.1) is 11.1 Å². The van der Waals surface area contributed by atoms with Gasteiger partial charge in [0.25, 0.3) is 0 Å². The molecule has 2 rings (SSSR count). The van der Waals surface area contributed by atoms with E-state index >= 15 is 0 Å². The number of hydrogen-bond donors (Lipinski definition) is 2. The molecule has 0 spiro atoms. The fourth-order valence-corrected chi connectivity index (χ4v) is 2.18. The topological polar surface area (TPSA) is 88.8 Å². The summed E-state index contributed by atoms with van der Waals surface area (Å²) in [5.41, 5.74) is 4.01. The number of nitro groups is 1. The lowest BCUT2D eigenvalue weighted by Gasteiger charge is -2.07. The van der Waals surface area contributed by atoms with E-state index in [4.69, 9.17) is 17.0 Å². The summed E-state index contributed by atoms with van der Waals surface area (Å²) in [5, 5.41) is 18.5. The van der Waals surface area contributed by atoms with E-state index in [1.807, 2.05) is 37.3 Å². The second-order valence-electron chi connectivity index (χ2n) is 4.99. The zero-order valence-electron chi connectivity index (χ0n) is 13.6. The third-order valence-corrected chi connectivity index (χ3v) is 3.37. The highest BCUT2D eigenvalue weighted by molar-refractivity contribution is 7.80. The number of benzene rings is 2. The van der Waals surface area contributed by atoms with Crippen LogP contribution in [0.25, 0.3) is 0 Å². The summed E-state index contributed by atoms with van der Waals surface area (Å²) in [5.74, 6) is 0.210. The molecule has 130 valence electrons. The van der Waals surface area contributed by atoms with Crippen LogP contribution in [0.1, 0.15) is 18.1 Å². The Hall–Kier alpha value is -3.00. The van der Waals surface area contributed by atoms with Crippen LogP contribution >= 0.6 is 12.2 Å². The molecule has 2 aromatic rings. The van der Waals surface area contributed by atoms with Crippen molar-refractivity contribution < 1.29 is 9.66 Å². The second-order valence-corrected chi connectivity index (χ2v) is 5.40. The minimum Gasteiger partial charge on any atom is -0.482 e. The lowest BCUT2D eigenvalue weighted by Crippen LogP contribution is -2.31. The van der Waals surface area contributed by atoms with E-state index in [0.717, 1.165) is 5.56 Å². The van der Waals surface area contributed by atoms with E-state index in [1.165, 1.54) is 12.3 Å². The van der Waals surface area contributed by atoms with Crippen LogP contribution in [0.2, 0.25) is 0 Å². The van der Waals surface area contributed by atoms with Crippen molar-refractivity contribution in [1.29, 1.82) is 0 Å². The third-order valence-electron chi connectivity index (χ3n) is 3.13. The summed E-state index contributed by atoms with van der Waals surface area (Å²) in [4.78, 5) is 10.8. The number of nitrogens with one attached hydrogen (secondary N) is 2. The summed E-state index contributed by atoms with van der Waals surface area (Å²) < 4.78 is 5.58. The van der Waals surface area contributed by atoms with E-state index in [-0.39, 0.29) is 18.0 Å². The van der Waals surface area contributed by atoms with Gasteiger partial charge in [-0.2, -0.15) is 5.10 Å². The van der Waals surface area contributed by atoms with Crippen LogP contribution in [0.15, 0.2) is 53.6 Å². The molecule has 0 aliphatic rings. The molecule has 2 aromatic carbocycles. The van der Waals surface area contributed by atoms with Crippen molar-refractivity contribution in [1.82, 2.24) is 10.7 Å². The SMILES string of the molecule is CCNC(=S)N/N=C\c1ccc(OCc2ccccc2)c([N+](=O)[O-])c1. The van der Waals surface area contributed by atoms with Crippen LogP contribution in [0.3, 0.4) is 0 Å². The molecule has 0 heterocycles. The minimum atomic E-state index is -0.478. The Morgan fingerprint density at radius 1 is 1.32 bits per heavy atom. The number of hydrogen-bond acceptors (Lipinski definition) is 5. The van der Waals surface area contributed by atoms with Gasteiger partial charge in [-0.05, 0) is 36.8 Å². The van der Waals surface area contributed by atoms with Crippen molar-refractivity contribution in [3.8, 4) is 5.75 Å². The molecule has 25 heavy (non-hydrogen) atoms. The van der Waals surface area contributed by atoms with E-state index in [0.29, 0.717) is 17.2 Å². The van der Waals surface area contributed by atoms with E-state index < -0.39 is 4.92 Å². The Bertz CT molecular complexity index is 766. The summed E-state index contributed by atoms with van der Waals surface area (Å²) in [6.07, 6.45) is 1.46. The number of thiocarbonyl (C=S) groups is 1. The number of hydrazone groups is 1. The van der Waals surface area contributed by atoms with E-state index in [1.54, 1.807) is 12.1 Å². The average molecular weight is 358 g/mol. The zero-order valence-corrected chi connectivity index (χ0v) is 14.5. The molecule has 0 atom stereocenters. The molecule has 0 unspecified atom stereocenters. The van der Waals surface area contributed by atoms with Crippen LogP contribution < -0.4 is 15.5 Å². The second kappa shape index (κ2) is 9.33. The van der Waals surface area contributed by atoms with Gasteiger partial charge in [0, 0.05) is 18.2 Å². The normalized spacial score (nSPS) is 10.4. The van der Waals surface area contributed by atoms with E-state index in [2.05, 4.69) is 15.8 Å². The van der Waals surface area contributed by atoms with Crippen LogP contribution in [-0.4, -0.2) is 22.8 Å². The standard InChI is InChI=1S/C17H18N4O3S/c1-2-18-17(25)20-19-11-14-8-9-16(15(10-14)21(22)23)24-12-13-6-4-3-5-7-13/h3-11H,2,12H2,1H3,(H2,18,20,25)/b19-11-. The molecule has 0 saturated carbocycles. The quantitative estimate of drug-likeness (QED) is 0.342. The van der Waals surface area contributed by atoms with Gasteiger partial charge in [-0.25, -0.2) is 0 Å². The number of nitrogens with zero attached hydrogens (tertiary/aromatic N) is 2. The highest BCUT2D eigenvalue weighted by Crippen LogP contribution is 2.28. The van der Waals surface area contributed by atoms with Crippen molar-refractivity contribution >= 4 is 29.2 Å². The van der Waals surface area contributed by atoms with E-state index in [9.17, 15) is 10.1 Å². The monoisotopic (exact) mass is 358 g/mol. The first-order chi connectivity index (χ1) is 12.1. The predicted octanol–water partition coefficient (Wildman–Crippen LogP) is 2.99. The maximum Gasteiger partial charge on any atom is 0.311 e. The maximum absolute atomic E-state index is 11.3. The molecule has 0 saturated heterocycles. The molecular weight excluding hydrogens is 340 g/mol. The van der Waals surface area contributed by atoms with Gasteiger partial charge in [0.15, 0.2) is 10.9 Å². The van der Waals surface area contributed by atoms with Crippen LogP contribution in [0, 0.1) is 10.1 Å². The molecule has 0 aliphatic carbocycles. The average Bonchev–Trinajstić information content (AvgIpc) is 2.61. The Kier molecular flexibility index (Phi) is 6.85. The fraction of sp³-hybridized carbons (Fsp3) is 0.176. The summed E-state index contributed by atoms with van der Waals surface area (Å²) in [6, 6.07) is 14.1. The van der Waals surface area contributed by atoms with Gasteiger partial charge in [-0.1, -0.05) is 30.3 Å². The Labute approximate surface area is 150 Å². The first kappa shape index (κ1) is 18.3. The first-order valence-electron chi connectivity index (χ1n) is 7.62. The molecule has 0 fully saturated rings. The molecule has 0 aliphatic heterocycles. The minimum absolute atomic E-state index is 0.117. The van der Waals surface area contributed by atoms with Crippen molar-refractivity contribution in [3.05, 3.63) is 69.8 Å². The van der Waals surface area contributed by atoms with Crippen molar-refractivity contribution in [2.45, 2.75) is 13.5 Å². The largest absolute Gasteiger partial charge is 0.482 e. The van der Waals surface area contributed by atoms with Gasteiger partial charge in [-0.3, -0.25) is 15.5 Å². The molecule has 0 aromatic heterocycles. The fourth-order valence-electron chi connectivity index (χ4n) is 1.98. The predicted molar refractivity (Wildman–Crippen MR) is 101 cm³/mol. The molecule has 0 amide bonds. The first-order valence-corrected chi connectivity index (χ1v) is 8.03. The Balaban J connectivity index is 2.07. The van der Waals surface area contributed by atoms with Crippen LogP contribution in [-0.2, 0) is 6.61 Å². The van der Waals surface area contributed by atoms with Gasteiger partial charge >= 0.3 is 5.69 Å². The number of nitro benzene ring substituents is 1. The molecule has 8 heteroatoms. The van der Waals surface area contributed by atoms with Gasteiger partial charge in [-0.15, -0.1) is 0 Å². The molecule has 2 N–H and O–H groups in total. The van der Waals surface area contributed by atoms with Crippen molar-refractivity contribution in [3.63, 3.8) is 0 Å². The molecule has 0 bridgehead atoms. The van der Waals surface area contributed by atoms with Crippen LogP contribution in [0.4, 0.5) is 5.69 Å². The zero-order chi connectivity index (χ0) is 18.1. The lowest BCUT2D eigenvalue weighted by molar-refractivity contribution is -0.385. The molecule has 7 nitrogen and oxygen atoms in total. The van der Waals surface area contributed by atoms with Crippen LogP contribution in [0.5, 0.6) is 5.75 Å². The smallest absolute Gasteiger partial charge is 0.311 e. The molecule has 0 radical (unpaired) electrons. The lowest BCUT2D eigenvalue weighted by atomic mass is 10.2. The highest BCUT2D eigenvalue weighted by Gasteiger charge is 2.15. The van der Waals surface area contributed by atoms with Gasteiger partial charge < -0.3 is 10.1 Å². The number of ether oxygens (including phenoxy) is 1. The van der Waals surface area contributed by atoms with Gasteiger partial charge in [0.2, 0.25) is 0 Å². The summed E-state index contributed by atoms with van der Waals surface area (Å²) in [6.45, 7) is 2.85.